The number of nitrogens with zero attached hydrogens (tertiary/aromatic N) is 1. The van der Waals surface area contributed by atoms with Crippen molar-refractivity contribution in [3.8, 4) is 0 Å². The van der Waals surface area contributed by atoms with Gasteiger partial charge < -0.3 is 0 Å². The van der Waals surface area contributed by atoms with E-state index in [1.165, 1.54) is 21.2 Å². The monoisotopic (exact) mass is 191 g/mol. The molecule has 0 atom stereocenters. The predicted molar refractivity (Wildman–Crippen MR) is 58.4 cm³/mol. The summed E-state index contributed by atoms with van der Waals surface area (Å²) in [5, 5.41) is 3.59. The predicted octanol–water partition coefficient (Wildman–Crippen LogP) is 3.73. The Bertz CT molecular complexity index is 429. The molecule has 0 aromatic carbocycles. The number of hydrogen-bond donors (Lipinski definition) is 0. The number of hydrogen-bond acceptors (Lipinski definition) is 2. The molecule has 0 N–H and O–H groups in total. The van der Waals surface area contributed by atoms with Crippen molar-refractivity contribution in [3.63, 3.8) is 0 Å². The highest BCUT2D eigenvalue weighted by molar-refractivity contribution is 7.17. The Morgan fingerprint density at radius 1 is 1.31 bits per heavy atom. The standard InChI is InChI=1S/C11H13NS/c1-7(2)10-6-13-11-8(3)4-12-5-9(10)11/h4-7H,1-3H3. The Kier molecular flexibility index (Phi) is 2.08. The summed E-state index contributed by atoms with van der Waals surface area (Å²) in [6.45, 7) is 6.57. The maximum Gasteiger partial charge on any atom is 0.0405 e. The molecule has 2 heteroatoms. The second kappa shape index (κ2) is 3.11. The van der Waals surface area contributed by atoms with E-state index in [1.807, 2.05) is 23.7 Å². The van der Waals surface area contributed by atoms with Gasteiger partial charge in [-0.2, -0.15) is 0 Å². The van der Waals surface area contributed by atoms with Crippen LogP contribution in [-0.4, -0.2) is 4.98 Å². The zero-order valence-corrected chi connectivity index (χ0v) is 8.98. The first kappa shape index (κ1) is 8.70. The Morgan fingerprint density at radius 3 is 2.77 bits per heavy atom. The summed E-state index contributed by atoms with van der Waals surface area (Å²) >= 11 is 1.83. The van der Waals surface area contributed by atoms with Crippen LogP contribution in [0.4, 0.5) is 0 Å². The van der Waals surface area contributed by atoms with Crippen LogP contribution in [0, 0.1) is 6.92 Å². The third-order valence-corrected chi connectivity index (χ3v) is 3.46. The summed E-state index contributed by atoms with van der Waals surface area (Å²) in [6.07, 6.45) is 3.91. The van der Waals surface area contributed by atoms with Crippen molar-refractivity contribution in [3.05, 3.63) is 28.9 Å². The summed E-state index contributed by atoms with van der Waals surface area (Å²) < 4.78 is 1.39. The molecular weight excluding hydrogens is 178 g/mol. The Balaban J connectivity index is 2.75. The number of rotatable bonds is 1. The van der Waals surface area contributed by atoms with Gasteiger partial charge in [-0.3, -0.25) is 4.98 Å². The van der Waals surface area contributed by atoms with Crippen molar-refractivity contribution in [2.45, 2.75) is 26.7 Å². The maximum absolute atomic E-state index is 4.23. The third kappa shape index (κ3) is 1.35. The quantitative estimate of drug-likeness (QED) is 0.669. The summed E-state index contributed by atoms with van der Waals surface area (Å²) in [5.74, 6) is 0.595. The second-order valence-corrected chi connectivity index (χ2v) is 4.56. The molecule has 0 amide bonds. The second-order valence-electron chi connectivity index (χ2n) is 3.68. The molecule has 0 bridgehead atoms. The highest BCUT2D eigenvalue weighted by Gasteiger charge is 2.08. The summed E-state index contributed by atoms with van der Waals surface area (Å²) in [4.78, 5) is 4.23. The van der Waals surface area contributed by atoms with E-state index in [0.717, 1.165) is 0 Å². The van der Waals surface area contributed by atoms with Crippen molar-refractivity contribution >= 4 is 21.4 Å². The van der Waals surface area contributed by atoms with Gasteiger partial charge in [-0.05, 0) is 29.3 Å². The van der Waals surface area contributed by atoms with Gasteiger partial charge in [0.2, 0.25) is 0 Å². The van der Waals surface area contributed by atoms with Crippen LogP contribution >= 0.6 is 11.3 Å². The lowest BCUT2D eigenvalue weighted by Crippen LogP contribution is -1.85. The summed E-state index contributed by atoms with van der Waals surface area (Å²) in [7, 11) is 0. The van der Waals surface area contributed by atoms with Gasteiger partial charge in [0.25, 0.3) is 0 Å². The number of thiophene rings is 1. The lowest BCUT2D eigenvalue weighted by atomic mass is 10.0. The highest BCUT2D eigenvalue weighted by atomic mass is 32.1. The smallest absolute Gasteiger partial charge is 0.0405 e. The Hall–Kier alpha value is -0.890. The van der Waals surface area contributed by atoms with E-state index in [9.17, 15) is 0 Å². The first-order valence-electron chi connectivity index (χ1n) is 4.52. The van der Waals surface area contributed by atoms with Gasteiger partial charge >= 0.3 is 0 Å². The Labute approximate surface area is 82.4 Å². The molecule has 0 unspecified atom stereocenters. The molecule has 2 heterocycles. The van der Waals surface area contributed by atoms with Gasteiger partial charge in [-0.15, -0.1) is 11.3 Å². The molecule has 0 aliphatic carbocycles. The van der Waals surface area contributed by atoms with E-state index in [0.29, 0.717) is 5.92 Å². The average Bonchev–Trinajstić information content (AvgIpc) is 2.48. The zero-order chi connectivity index (χ0) is 9.42. The largest absolute Gasteiger partial charge is 0.264 e. The van der Waals surface area contributed by atoms with Crippen LogP contribution in [-0.2, 0) is 0 Å². The molecule has 13 heavy (non-hydrogen) atoms. The SMILES string of the molecule is Cc1cncc2c(C(C)C)csc12. The molecule has 0 aliphatic rings. The molecule has 68 valence electrons. The van der Waals surface area contributed by atoms with Gasteiger partial charge in [-0.1, -0.05) is 13.8 Å². The van der Waals surface area contributed by atoms with Crippen molar-refractivity contribution in [2.75, 3.05) is 0 Å². The molecule has 0 aliphatic heterocycles. The van der Waals surface area contributed by atoms with E-state index in [-0.39, 0.29) is 0 Å². The van der Waals surface area contributed by atoms with Crippen LogP contribution in [0.15, 0.2) is 17.8 Å². The van der Waals surface area contributed by atoms with Crippen LogP contribution in [0.5, 0.6) is 0 Å². The minimum Gasteiger partial charge on any atom is -0.264 e. The molecule has 2 rings (SSSR count). The molecule has 0 radical (unpaired) electrons. The molecule has 0 fully saturated rings. The number of fused-ring (bicyclic) bond motifs is 1. The number of aromatic nitrogens is 1. The minimum atomic E-state index is 0.595. The minimum absolute atomic E-state index is 0.595. The molecular formula is C11H13NS. The van der Waals surface area contributed by atoms with Crippen LogP contribution in [0.1, 0.15) is 30.9 Å². The fourth-order valence-corrected chi connectivity index (χ4v) is 2.73. The highest BCUT2D eigenvalue weighted by Crippen LogP contribution is 2.32. The summed E-state index contributed by atoms with van der Waals surface area (Å²) in [5.41, 5.74) is 2.71. The molecule has 2 aromatic heterocycles. The van der Waals surface area contributed by atoms with E-state index in [1.54, 1.807) is 0 Å². The van der Waals surface area contributed by atoms with E-state index in [2.05, 4.69) is 31.1 Å². The van der Waals surface area contributed by atoms with Crippen LogP contribution in [0.25, 0.3) is 10.1 Å². The van der Waals surface area contributed by atoms with E-state index < -0.39 is 0 Å². The fraction of sp³-hybridized carbons (Fsp3) is 0.364. The first-order valence-corrected chi connectivity index (χ1v) is 5.40. The van der Waals surface area contributed by atoms with Gasteiger partial charge in [-0.25, -0.2) is 0 Å². The molecule has 0 saturated carbocycles. The molecule has 2 aromatic rings. The number of aryl methyl sites for hydroxylation is 1. The third-order valence-electron chi connectivity index (χ3n) is 2.31. The normalized spacial score (nSPS) is 11.4. The average molecular weight is 191 g/mol. The zero-order valence-electron chi connectivity index (χ0n) is 8.16. The Morgan fingerprint density at radius 2 is 2.08 bits per heavy atom. The lowest BCUT2D eigenvalue weighted by Gasteiger charge is -2.02. The van der Waals surface area contributed by atoms with Crippen molar-refractivity contribution in [1.82, 2.24) is 4.98 Å². The van der Waals surface area contributed by atoms with Crippen molar-refractivity contribution in [1.29, 1.82) is 0 Å². The summed E-state index contributed by atoms with van der Waals surface area (Å²) in [6, 6.07) is 0. The first-order chi connectivity index (χ1) is 6.20. The molecule has 0 saturated heterocycles. The van der Waals surface area contributed by atoms with Gasteiger partial charge in [0.05, 0.1) is 0 Å². The van der Waals surface area contributed by atoms with Gasteiger partial charge in [0.1, 0.15) is 0 Å². The van der Waals surface area contributed by atoms with Crippen molar-refractivity contribution < 1.29 is 0 Å². The van der Waals surface area contributed by atoms with Crippen LogP contribution in [0.2, 0.25) is 0 Å². The van der Waals surface area contributed by atoms with E-state index in [4.69, 9.17) is 0 Å². The van der Waals surface area contributed by atoms with Crippen LogP contribution in [0.3, 0.4) is 0 Å². The number of pyridine rings is 1. The van der Waals surface area contributed by atoms with Crippen LogP contribution < -0.4 is 0 Å². The van der Waals surface area contributed by atoms with E-state index >= 15 is 0 Å². The van der Waals surface area contributed by atoms with Gasteiger partial charge in [0.15, 0.2) is 0 Å². The maximum atomic E-state index is 4.23. The molecule has 1 nitrogen and oxygen atoms in total. The lowest BCUT2D eigenvalue weighted by molar-refractivity contribution is 0.880. The topological polar surface area (TPSA) is 12.9 Å². The fourth-order valence-electron chi connectivity index (χ4n) is 1.55. The molecule has 0 spiro atoms. The van der Waals surface area contributed by atoms with Crippen molar-refractivity contribution in [2.24, 2.45) is 0 Å². The van der Waals surface area contributed by atoms with Gasteiger partial charge in [0, 0.05) is 22.5 Å².